The van der Waals surface area contributed by atoms with Crippen LogP contribution < -0.4 is 5.32 Å². The van der Waals surface area contributed by atoms with E-state index in [2.05, 4.69) is 34.0 Å². The van der Waals surface area contributed by atoms with Gasteiger partial charge in [-0.2, -0.15) is 11.3 Å². The lowest BCUT2D eigenvalue weighted by Gasteiger charge is -2.20. The molecule has 90 valence electrons. The van der Waals surface area contributed by atoms with Crippen molar-refractivity contribution >= 4 is 11.3 Å². The Morgan fingerprint density at radius 2 is 2.44 bits per heavy atom. The van der Waals surface area contributed by atoms with Crippen molar-refractivity contribution in [1.29, 1.82) is 0 Å². The molecule has 0 radical (unpaired) electrons. The Morgan fingerprint density at radius 1 is 1.50 bits per heavy atom. The van der Waals surface area contributed by atoms with Gasteiger partial charge in [0.25, 0.3) is 0 Å². The number of nitrogens with one attached hydrogen (secondary N) is 1. The van der Waals surface area contributed by atoms with Gasteiger partial charge in [-0.05, 0) is 61.7 Å². The van der Waals surface area contributed by atoms with Gasteiger partial charge in [-0.3, -0.25) is 4.90 Å². The summed E-state index contributed by atoms with van der Waals surface area (Å²) in [5.74, 6) is 0. The summed E-state index contributed by atoms with van der Waals surface area (Å²) >= 11 is 1.79. The molecule has 1 aliphatic heterocycles. The molecule has 0 aromatic carbocycles. The van der Waals surface area contributed by atoms with Crippen molar-refractivity contribution in [3.8, 4) is 0 Å². The minimum atomic E-state index is 0.804. The van der Waals surface area contributed by atoms with Crippen LogP contribution in [-0.2, 0) is 6.42 Å². The van der Waals surface area contributed by atoms with Crippen molar-refractivity contribution in [3.05, 3.63) is 22.4 Å². The van der Waals surface area contributed by atoms with E-state index in [9.17, 15) is 0 Å². The van der Waals surface area contributed by atoms with E-state index >= 15 is 0 Å². The fourth-order valence-electron chi connectivity index (χ4n) is 2.34. The number of hydrogen-bond acceptors (Lipinski definition) is 3. The molecule has 1 N–H and O–H groups in total. The highest BCUT2D eigenvalue weighted by atomic mass is 32.1. The fourth-order valence-corrected chi connectivity index (χ4v) is 3.04. The summed E-state index contributed by atoms with van der Waals surface area (Å²) in [7, 11) is 0. The van der Waals surface area contributed by atoms with Crippen molar-refractivity contribution in [2.75, 3.05) is 26.2 Å². The Balaban J connectivity index is 1.52. The third kappa shape index (κ3) is 3.58. The van der Waals surface area contributed by atoms with Crippen LogP contribution in [-0.4, -0.2) is 37.1 Å². The standard InChI is InChI=1S/C13H22N2S/c1-12-3-2-8-15(12)9-7-14-6-4-13-5-10-16-11-13/h5,10-12,14H,2-4,6-9H2,1H3. The fraction of sp³-hybridized carbons (Fsp3) is 0.692. The van der Waals surface area contributed by atoms with E-state index in [0.717, 1.165) is 19.1 Å². The Morgan fingerprint density at radius 3 is 3.12 bits per heavy atom. The van der Waals surface area contributed by atoms with Gasteiger partial charge >= 0.3 is 0 Å². The smallest absolute Gasteiger partial charge is 0.0110 e. The van der Waals surface area contributed by atoms with Crippen molar-refractivity contribution in [1.82, 2.24) is 10.2 Å². The van der Waals surface area contributed by atoms with Gasteiger partial charge in [0.15, 0.2) is 0 Å². The number of thiophene rings is 1. The zero-order chi connectivity index (χ0) is 11.2. The van der Waals surface area contributed by atoms with Crippen LogP contribution in [0.4, 0.5) is 0 Å². The van der Waals surface area contributed by atoms with Gasteiger partial charge in [-0.25, -0.2) is 0 Å². The number of likely N-dealkylation sites (tertiary alicyclic amines) is 1. The van der Waals surface area contributed by atoms with Crippen LogP contribution in [0.15, 0.2) is 16.8 Å². The molecule has 0 saturated carbocycles. The molecule has 16 heavy (non-hydrogen) atoms. The van der Waals surface area contributed by atoms with Crippen LogP contribution in [0.25, 0.3) is 0 Å². The first-order valence-electron chi connectivity index (χ1n) is 6.32. The third-order valence-corrected chi connectivity index (χ3v) is 4.17. The normalized spacial score (nSPS) is 21.7. The van der Waals surface area contributed by atoms with Gasteiger partial charge < -0.3 is 5.32 Å². The minimum Gasteiger partial charge on any atom is -0.315 e. The van der Waals surface area contributed by atoms with Crippen LogP contribution in [0.2, 0.25) is 0 Å². The molecule has 0 amide bonds. The van der Waals surface area contributed by atoms with E-state index in [1.54, 1.807) is 11.3 Å². The quantitative estimate of drug-likeness (QED) is 0.765. The summed E-state index contributed by atoms with van der Waals surface area (Å²) < 4.78 is 0. The highest BCUT2D eigenvalue weighted by molar-refractivity contribution is 7.07. The average Bonchev–Trinajstić information content (AvgIpc) is 2.90. The molecular formula is C13H22N2S. The monoisotopic (exact) mass is 238 g/mol. The zero-order valence-corrected chi connectivity index (χ0v) is 10.9. The largest absolute Gasteiger partial charge is 0.315 e. The van der Waals surface area contributed by atoms with Crippen LogP contribution in [0.3, 0.4) is 0 Å². The molecule has 1 aliphatic rings. The van der Waals surface area contributed by atoms with Gasteiger partial charge in [0.05, 0.1) is 0 Å². The van der Waals surface area contributed by atoms with E-state index in [1.807, 2.05) is 0 Å². The lowest BCUT2D eigenvalue weighted by Crippen LogP contribution is -2.34. The average molecular weight is 238 g/mol. The van der Waals surface area contributed by atoms with Crippen LogP contribution in [0.1, 0.15) is 25.3 Å². The molecule has 2 heterocycles. The van der Waals surface area contributed by atoms with E-state index in [4.69, 9.17) is 0 Å². The predicted molar refractivity (Wildman–Crippen MR) is 71.2 cm³/mol. The predicted octanol–water partition coefficient (Wildman–Crippen LogP) is 2.36. The first-order chi connectivity index (χ1) is 7.86. The molecule has 2 nitrogen and oxygen atoms in total. The van der Waals surface area contributed by atoms with E-state index < -0.39 is 0 Å². The Hall–Kier alpha value is -0.380. The van der Waals surface area contributed by atoms with Crippen molar-refractivity contribution in [3.63, 3.8) is 0 Å². The Labute approximate surface area is 103 Å². The second kappa shape index (κ2) is 6.38. The van der Waals surface area contributed by atoms with Crippen LogP contribution >= 0.6 is 11.3 Å². The van der Waals surface area contributed by atoms with Gasteiger partial charge in [-0.1, -0.05) is 0 Å². The SMILES string of the molecule is CC1CCCN1CCNCCc1ccsc1. The van der Waals surface area contributed by atoms with Crippen molar-refractivity contribution < 1.29 is 0 Å². The highest BCUT2D eigenvalue weighted by Gasteiger charge is 2.18. The first kappa shape index (κ1) is 12.1. The summed E-state index contributed by atoms with van der Waals surface area (Å²) in [6, 6.07) is 3.02. The third-order valence-electron chi connectivity index (χ3n) is 3.44. The summed E-state index contributed by atoms with van der Waals surface area (Å²) in [6.07, 6.45) is 3.93. The van der Waals surface area contributed by atoms with Crippen molar-refractivity contribution in [2.45, 2.75) is 32.2 Å². The molecule has 1 aromatic heterocycles. The highest BCUT2D eigenvalue weighted by Crippen LogP contribution is 2.14. The second-order valence-electron chi connectivity index (χ2n) is 4.66. The van der Waals surface area contributed by atoms with E-state index in [-0.39, 0.29) is 0 Å². The van der Waals surface area contributed by atoms with Gasteiger partial charge in [0.2, 0.25) is 0 Å². The maximum absolute atomic E-state index is 3.53. The topological polar surface area (TPSA) is 15.3 Å². The van der Waals surface area contributed by atoms with E-state index in [1.165, 1.54) is 37.9 Å². The zero-order valence-electron chi connectivity index (χ0n) is 10.1. The van der Waals surface area contributed by atoms with Crippen LogP contribution in [0, 0.1) is 0 Å². The second-order valence-corrected chi connectivity index (χ2v) is 5.44. The number of nitrogens with zero attached hydrogens (tertiary/aromatic N) is 1. The maximum Gasteiger partial charge on any atom is 0.0110 e. The van der Waals surface area contributed by atoms with Gasteiger partial charge in [-0.15, -0.1) is 0 Å². The first-order valence-corrected chi connectivity index (χ1v) is 7.26. The molecule has 0 aliphatic carbocycles. The molecule has 0 spiro atoms. The molecule has 1 unspecified atom stereocenters. The Kier molecular flexibility index (Phi) is 4.82. The minimum absolute atomic E-state index is 0.804. The lowest BCUT2D eigenvalue weighted by molar-refractivity contribution is 0.268. The molecule has 1 aromatic rings. The maximum atomic E-state index is 3.53. The lowest BCUT2D eigenvalue weighted by atomic mass is 10.2. The Bertz CT molecular complexity index is 284. The van der Waals surface area contributed by atoms with E-state index in [0.29, 0.717) is 0 Å². The summed E-state index contributed by atoms with van der Waals surface area (Å²) in [6.45, 7) is 7.10. The summed E-state index contributed by atoms with van der Waals surface area (Å²) in [5.41, 5.74) is 1.46. The summed E-state index contributed by atoms with van der Waals surface area (Å²) in [4.78, 5) is 2.59. The molecule has 1 fully saturated rings. The summed E-state index contributed by atoms with van der Waals surface area (Å²) in [5, 5.41) is 7.93. The van der Waals surface area contributed by atoms with Crippen molar-refractivity contribution in [2.24, 2.45) is 0 Å². The van der Waals surface area contributed by atoms with Crippen LogP contribution in [0.5, 0.6) is 0 Å². The number of rotatable bonds is 6. The molecule has 0 bridgehead atoms. The van der Waals surface area contributed by atoms with Gasteiger partial charge in [0.1, 0.15) is 0 Å². The molecule has 1 saturated heterocycles. The molecule has 2 rings (SSSR count). The molecular weight excluding hydrogens is 216 g/mol. The molecule has 3 heteroatoms. The molecule has 1 atom stereocenters. The van der Waals surface area contributed by atoms with Gasteiger partial charge in [0, 0.05) is 19.1 Å². The number of hydrogen-bond donors (Lipinski definition) is 1.